The number of fused-ring (bicyclic) bond motifs is 1. The summed E-state index contributed by atoms with van der Waals surface area (Å²) in [5.74, 6) is 0.201. The maximum absolute atomic E-state index is 14.0. The van der Waals surface area contributed by atoms with Crippen LogP contribution in [0.1, 0.15) is 29.2 Å². The van der Waals surface area contributed by atoms with Gasteiger partial charge in [0.1, 0.15) is 5.82 Å². The first-order valence-electron chi connectivity index (χ1n) is 7.90. The highest BCUT2D eigenvalue weighted by atomic mass is 32.2. The lowest BCUT2D eigenvalue weighted by Gasteiger charge is -2.26. The van der Waals surface area contributed by atoms with Crippen LogP contribution in [0.25, 0.3) is 0 Å². The summed E-state index contributed by atoms with van der Waals surface area (Å²) in [5.41, 5.74) is 1.28. The zero-order valence-corrected chi connectivity index (χ0v) is 15.8. The second-order valence-electron chi connectivity index (χ2n) is 6.11. The molecule has 0 fully saturated rings. The minimum Gasteiger partial charge on any atom is -0.258 e. The zero-order valence-electron chi connectivity index (χ0n) is 14.2. The summed E-state index contributed by atoms with van der Waals surface area (Å²) < 4.78 is 42.4. The van der Waals surface area contributed by atoms with E-state index < -0.39 is 21.0 Å². The van der Waals surface area contributed by atoms with E-state index in [-0.39, 0.29) is 16.4 Å². The van der Waals surface area contributed by atoms with Gasteiger partial charge in [0, 0.05) is 23.1 Å². The third-order valence-electron chi connectivity index (χ3n) is 4.43. The van der Waals surface area contributed by atoms with E-state index in [1.807, 2.05) is 0 Å². The molecule has 0 radical (unpaired) electrons. The van der Waals surface area contributed by atoms with E-state index in [4.69, 9.17) is 0 Å². The fourth-order valence-corrected chi connectivity index (χ4v) is 5.68. The zero-order chi connectivity index (χ0) is 19.1. The van der Waals surface area contributed by atoms with Crippen LogP contribution >= 0.6 is 11.8 Å². The Bertz CT molecular complexity index is 992. The van der Waals surface area contributed by atoms with Crippen molar-refractivity contribution in [2.45, 2.75) is 36.1 Å². The van der Waals surface area contributed by atoms with Crippen LogP contribution in [0.3, 0.4) is 0 Å². The highest BCUT2D eigenvalue weighted by Crippen LogP contribution is 2.38. The van der Waals surface area contributed by atoms with Crippen LogP contribution in [0.5, 0.6) is 0 Å². The summed E-state index contributed by atoms with van der Waals surface area (Å²) in [6.07, 6.45) is 0.507. The summed E-state index contributed by atoms with van der Waals surface area (Å²) in [7, 11) is -4.01. The monoisotopic (exact) mass is 396 g/mol. The first kappa shape index (κ1) is 18.8. The van der Waals surface area contributed by atoms with Crippen LogP contribution in [0, 0.1) is 29.8 Å². The molecule has 2 aromatic rings. The standard InChI is InChI=1S/C17H17FN2O4S2/c1-10-8-12(20(21)22)9-16(11(10)2)26(23,24)19-15-6-7-25-17-13(15)4-3-5-14(17)18/h3-5,8-9,15,19H,6-7H2,1-2H3/t15-/m1/s1. The minimum absolute atomic E-state index is 0.125. The molecule has 1 N–H and O–H groups in total. The van der Waals surface area contributed by atoms with Gasteiger partial charge in [-0.15, -0.1) is 11.8 Å². The average Bonchev–Trinajstić information content (AvgIpc) is 2.57. The number of nitro groups is 1. The Morgan fingerprint density at radius 2 is 2.04 bits per heavy atom. The molecule has 0 unspecified atom stereocenters. The lowest BCUT2D eigenvalue weighted by atomic mass is 10.0. The van der Waals surface area contributed by atoms with E-state index in [0.717, 1.165) is 6.07 Å². The van der Waals surface area contributed by atoms with Crippen molar-refractivity contribution in [1.82, 2.24) is 4.72 Å². The number of sulfonamides is 1. The predicted octanol–water partition coefficient (Wildman–Crippen LogP) is 3.87. The molecule has 0 aliphatic carbocycles. The van der Waals surface area contributed by atoms with Gasteiger partial charge >= 0.3 is 0 Å². The van der Waals surface area contributed by atoms with E-state index in [0.29, 0.717) is 33.8 Å². The first-order valence-corrected chi connectivity index (χ1v) is 10.4. The van der Waals surface area contributed by atoms with Crippen LogP contribution in [-0.4, -0.2) is 19.1 Å². The number of aryl methyl sites for hydroxylation is 1. The van der Waals surface area contributed by atoms with Gasteiger partial charge in [-0.3, -0.25) is 10.1 Å². The van der Waals surface area contributed by atoms with E-state index >= 15 is 0 Å². The second-order valence-corrected chi connectivity index (χ2v) is 8.90. The summed E-state index contributed by atoms with van der Waals surface area (Å²) >= 11 is 1.35. The van der Waals surface area contributed by atoms with Crippen molar-refractivity contribution in [3.05, 3.63) is 63.0 Å². The molecule has 138 valence electrons. The van der Waals surface area contributed by atoms with Gasteiger partial charge in [0.15, 0.2) is 0 Å². The number of rotatable bonds is 4. The molecular weight excluding hydrogens is 379 g/mol. The number of benzene rings is 2. The molecule has 0 saturated heterocycles. The van der Waals surface area contributed by atoms with Crippen molar-refractivity contribution in [3.8, 4) is 0 Å². The van der Waals surface area contributed by atoms with Crippen molar-refractivity contribution in [2.75, 3.05) is 5.75 Å². The molecule has 3 rings (SSSR count). The third-order valence-corrected chi connectivity index (χ3v) is 7.19. The molecule has 0 spiro atoms. The van der Waals surface area contributed by atoms with Crippen molar-refractivity contribution >= 4 is 27.5 Å². The Kier molecular flexibility index (Phi) is 5.05. The lowest BCUT2D eigenvalue weighted by molar-refractivity contribution is -0.385. The van der Waals surface area contributed by atoms with Gasteiger partial charge in [0.05, 0.1) is 9.82 Å². The third kappa shape index (κ3) is 3.46. The maximum Gasteiger partial charge on any atom is 0.271 e. The normalized spacial score (nSPS) is 17.0. The number of nitrogens with one attached hydrogen (secondary N) is 1. The summed E-state index contributed by atoms with van der Waals surface area (Å²) in [4.78, 5) is 10.8. The fourth-order valence-electron chi connectivity index (χ4n) is 2.95. The molecule has 1 atom stereocenters. The van der Waals surface area contributed by atoms with Gasteiger partial charge in [-0.05, 0) is 48.8 Å². The molecule has 2 aromatic carbocycles. The Hall–Kier alpha value is -1.97. The van der Waals surface area contributed by atoms with Gasteiger partial charge in [-0.25, -0.2) is 17.5 Å². The fraction of sp³-hybridized carbons (Fsp3) is 0.294. The molecule has 6 nitrogen and oxygen atoms in total. The topological polar surface area (TPSA) is 89.3 Å². The average molecular weight is 396 g/mol. The molecule has 9 heteroatoms. The van der Waals surface area contributed by atoms with Crippen LogP contribution < -0.4 is 4.72 Å². The van der Waals surface area contributed by atoms with Crippen LogP contribution in [-0.2, 0) is 10.0 Å². The van der Waals surface area contributed by atoms with Gasteiger partial charge in [-0.2, -0.15) is 0 Å². The molecular formula is C17H17FN2O4S2. The summed E-state index contributed by atoms with van der Waals surface area (Å²) in [5, 5.41) is 11.1. The van der Waals surface area contributed by atoms with Gasteiger partial charge in [0.25, 0.3) is 5.69 Å². The van der Waals surface area contributed by atoms with Crippen molar-refractivity contribution < 1.29 is 17.7 Å². The number of thioether (sulfide) groups is 1. The molecule has 1 aliphatic heterocycles. The number of nitro benzene ring substituents is 1. The molecule has 26 heavy (non-hydrogen) atoms. The van der Waals surface area contributed by atoms with Crippen LogP contribution in [0.2, 0.25) is 0 Å². The van der Waals surface area contributed by atoms with Crippen molar-refractivity contribution in [1.29, 1.82) is 0 Å². The molecule has 1 heterocycles. The highest BCUT2D eigenvalue weighted by Gasteiger charge is 2.29. The second kappa shape index (κ2) is 6.98. The number of non-ortho nitro benzene ring substituents is 1. The lowest BCUT2D eigenvalue weighted by Crippen LogP contribution is -2.31. The summed E-state index contributed by atoms with van der Waals surface area (Å²) in [6, 6.07) is 6.42. The van der Waals surface area contributed by atoms with Crippen molar-refractivity contribution in [3.63, 3.8) is 0 Å². The summed E-state index contributed by atoms with van der Waals surface area (Å²) in [6.45, 7) is 3.24. The first-order chi connectivity index (χ1) is 12.2. The molecule has 0 bridgehead atoms. The van der Waals surface area contributed by atoms with Crippen LogP contribution in [0.15, 0.2) is 40.1 Å². The number of hydrogen-bond donors (Lipinski definition) is 1. The minimum atomic E-state index is -4.01. The quantitative estimate of drug-likeness (QED) is 0.626. The van der Waals surface area contributed by atoms with Gasteiger partial charge < -0.3 is 0 Å². The molecule has 1 aliphatic rings. The van der Waals surface area contributed by atoms with Gasteiger partial charge in [-0.1, -0.05) is 12.1 Å². The van der Waals surface area contributed by atoms with Crippen LogP contribution in [0.4, 0.5) is 10.1 Å². The number of hydrogen-bond acceptors (Lipinski definition) is 5. The number of nitrogens with zero attached hydrogens (tertiary/aromatic N) is 1. The van der Waals surface area contributed by atoms with E-state index in [9.17, 15) is 22.9 Å². The Morgan fingerprint density at radius 3 is 2.73 bits per heavy atom. The van der Waals surface area contributed by atoms with E-state index in [1.165, 1.54) is 23.9 Å². The maximum atomic E-state index is 14.0. The smallest absolute Gasteiger partial charge is 0.258 e. The van der Waals surface area contributed by atoms with E-state index in [1.54, 1.807) is 26.0 Å². The Morgan fingerprint density at radius 1 is 1.31 bits per heavy atom. The molecule has 0 saturated carbocycles. The SMILES string of the molecule is Cc1cc([N+](=O)[O-])cc(S(=O)(=O)N[C@@H]2CCSc3c(F)cccc32)c1C. The van der Waals surface area contributed by atoms with Gasteiger partial charge in [0.2, 0.25) is 10.0 Å². The number of halogens is 1. The predicted molar refractivity (Wildman–Crippen MR) is 97.4 cm³/mol. The van der Waals surface area contributed by atoms with Crippen molar-refractivity contribution in [2.24, 2.45) is 0 Å². The molecule has 0 aromatic heterocycles. The Balaban J connectivity index is 2.02. The molecule has 0 amide bonds. The van der Waals surface area contributed by atoms with E-state index in [2.05, 4.69) is 4.72 Å². The Labute approximate surface area is 155 Å². The largest absolute Gasteiger partial charge is 0.271 e. The highest BCUT2D eigenvalue weighted by molar-refractivity contribution is 7.99.